The molecule has 10 nitrogen and oxygen atoms in total. The molecule has 1 N–H and O–H groups in total. The lowest BCUT2D eigenvalue weighted by Crippen LogP contribution is -2.63. The predicted octanol–water partition coefficient (Wildman–Crippen LogP) is 5.64. The number of aliphatic carboxylic acids is 1. The molecule has 2 aliphatic rings. The van der Waals surface area contributed by atoms with E-state index in [4.69, 9.17) is 24.1 Å². The maximum atomic E-state index is 14.8. The SMILES string of the molecule is C[C@@H]1C(OS(=O)(=O)C(F)(F)C(F)(F)OC(F)(F)C(F)(F)CCCCC(=O)O)[C@H](OCC[Si](C)(C)C)OC2COC(C)(C)O[C@H]21. The summed E-state index contributed by atoms with van der Waals surface area (Å²) < 4.78 is 169. The van der Waals surface area contributed by atoms with E-state index >= 15 is 0 Å². The van der Waals surface area contributed by atoms with E-state index in [2.05, 4.69) is 8.92 Å². The lowest BCUT2D eigenvalue weighted by atomic mass is 9.89. The second-order valence-electron chi connectivity index (χ2n) is 12.3. The van der Waals surface area contributed by atoms with Gasteiger partial charge in [-0.25, -0.2) is 4.74 Å². The van der Waals surface area contributed by atoms with Crippen molar-refractivity contribution < 1.29 is 81.3 Å². The highest BCUT2D eigenvalue weighted by Crippen LogP contribution is 2.49. The van der Waals surface area contributed by atoms with Crippen molar-refractivity contribution in [1.82, 2.24) is 0 Å². The van der Waals surface area contributed by atoms with Crippen molar-refractivity contribution in [2.45, 2.75) is 126 Å². The summed E-state index contributed by atoms with van der Waals surface area (Å²) >= 11 is 0. The van der Waals surface area contributed by atoms with E-state index in [1.165, 1.54) is 20.8 Å². The summed E-state index contributed by atoms with van der Waals surface area (Å²) in [5.41, 5.74) is 0. The molecule has 2 saturated heterocycles. The van der Waals surface area contributed by atoms with Gasteiger partial charge in [-0.3, -0.25) is 8.98 Å². The number of fused-ring (bicyclic) bond motifs is 1. The number of ether oxygens (including phenoxy) is 5. The van der Waals surface area contributed by atoms with Crippen LogP contribution in [0.4, 0.5) is 35.1 Å². The number of alkyl halides is 8. The van der Waals surface area contributed by atoms with Gasteiger partial charge in [0.25, 0.3) is 0 Å². The molecule has 0 aromatic carbocycles. The van der Waals surface area contributed by atoms with Crippen LogP contribution in [0.1, 0.15) is 46.5 Å². The van der Waals surface area contributed by atoms with Crippen LogP contribution in [0.15, 0.2) is 0 Å². The topological polar surface area (TPSA) is 127 Å². The van der Waals surface area contributed by atoms with Gasteiger partial charge in [0, 0.05) is 33.4 Å². The Morgan fingerprint density at radius 3 is 2.16 bits per heavy atom. The van der Waals surface area contributed by atoms with Crippen molar-refractivity contribution in [2.24, 2.45) is 5.92 Å². The van der Waals surface area contributed by atoms with Gasteiger partial charge in [0.05, 0.1) is 12.7 Å². The highest BCUT2D eigenvalue weighted by Gasteiger charge is 2.75. The van der Waals surface area contributed by atoms with E-state index in [1.807, 2.05) is 19.6 Å². The van der Waals surface area contributed by atoms with E-state index in [0.29, 0.717) is 6.04 Å². The van der Waals surface area contributed by atoms with Crippen LogP contribution in [0, 0.1) is 5.92 Å². The molecule has 0 saturated carbocycles. The molecular weight excluding hydrogens is 660 g/mol. The van der Waals surface area contributed by atoms with E-state index in [9.17, 15) is 48.3 Å². The summed E-state index contributed by atoms with van der Waals surface area (Å²) in [6.07, 6.45) is -23.1. The van der Waals surface area contributed by atoms with Crippen LogP contribution in [0.2, 0.25) is 25.7 Å². The van der Waals surface area contributed by atoms with E-state index < -0.39 is 110 Å². The Bertz CT molecular complexity index is 1100. The van der Waals surface area contributed by atoms with Gasteiger partial charge >= 0.3 is 39.5 Å². The zero-order valence-corrected chi connectivity index (χ0v) is 26.7. The first-order valence-corrected chi connectivity index (χ1v) is 18.7. The summed E-state index contributed by atoms with van der Waals surface area (Å²) in [5, 5.41) is 1.86. The summed E-state index contributed by atoms with van der Waals surface area (Å²) in [6.45, 7) is 9.90. The van der Waals surface area contributed by atoms with E-state index in [0.717, 1.165) is 0 Å². The number of halogens is 8. The van der Waals surface area contributed by atoms with Crippen molar-refractivity contribution in [2.75, 3.05) is 13.2 Å². The molecule has 5 atom stereocenters. The Hall–Kier alpha value is -1.16. The maximum Gasteiger partial charge on any atom is 0.460 e. The Balaban J connectivity index is 2.31. The molecule has 2 heterocycles. The number of carbonyl (C=O) groups is 1. The number of carboxylic acids is 1. The van der Waals surface area contributed by atoms with E-state index in [-0.39, 0.29) is 13.2 Å². The average molecular weight is 699 g/mol. The summed E-state index contributed by atoms with van der Waals surface area (Å²) in [4.78, 5) is 10.4. The number of hydrogen-bond acceptors (Lipinski definition) is 9. The standard InChI is InChI=1S/C24H38F8O10SSi/c1-14-17-15(13-38-20(2,3)40-17)39-19(37-11-12-44(4,5)6)18(14)41-43(35,36)24(31,32)23(29,30)42-22(27,28)21(25,26)10-8-7-9-16(33)34/h14-15,17-19H,7-13H2,1-6H3,(H,33,34)/t14-,15?,17-,18?,19+/m0/s1. The van der Waals surface area contributed by atoms with Crippen molar-refractivity contribution in [3.8, 4) is 0 Å². The Morgan fingerprint density at radius 2 is 1.61 bits per heavy atom. The third-order valence-corrected chi connectivity index (χ3v) is 9.88. The minimum Gasteiger partial charge on any atom is -0.481 e. The monoisotopic (exact) mass is 698 g/mol. The Morgan fingerprint density at radius 1 is 1.02 bits per heavy atom. The fourth-order valence-electron chi connectivity index (χ4n) is 4.23. The van der Waals surface area contributed by atoms with Gasteiger partial charge in [0.2, 0.25) is 0 Å². The molecule has 20 heteroatoms. The number of hydrogen-bond donors (Lipinski definition) is 1. The molecule has 0 aliphatic carbocycles. The third-order valence-electron chi connectivity index (χ3n) is 6.83. The Labute approximate surface area is 250 Å². The lowest BCUT2D eigenvalue weighted by molar-refractivity contribution is -0.457. The minimum atomic E-state index is -6.94. The number of unbranched alkanes of at least 4 members (excludes halogenated alkanes) is 1. The average Bonchev–Trinajstić information content (AvgIpc) is 2.82. The fraction of sp³-hybridized carbons (Fsp3) is 0.958. The maximum absolute atomic E-state index is 14.8. The lowest BCUT2D eigenvalue weighted by Gasteiger charge is -2.50. The van der Waals surface area contributed by atoms with Gasteiger partial charge in [-0.2, -0.15) is 43.5 Å². The molecule has 2 fully saturated rings. The third kappa shape index (κ3) is 9.44. The van der Waals surface area contributed by atoms with Crippen LogP contribution >= 0.6 is 0 Å². The van der Waals surface area contributed by atoms with Crippen LogP contribution in [0.3, 0.4) is 0 Å². The van der Waals surface area contributed by atoms with E-state index in [1.54, 1.807) is 0 Å². The van der Waals surface area contributed by atoms with Gasteiger partial charge in [-0.05, 0) is 32.7 Å². The quantitative estimate of drug-likeness (QED) is 0.0937. The molecule has 2 aliphatic heterocycles. The van der Waals surface area contributed by atoms with Crippen molar-refractivity contribution in [1.29, 1.82) is 0 Å². The number of rotatable bonds is 16. The molecule has 44 heavy (non-hydrogen) atoms. The Kier molecular flexibility index (Phi) is 12.0. The highest BCUT2D eigenvalue weighted by molar-refractivity contribution is 7.87. The van der Waals surface area contributed by atoms with Crippen molar-refractivity contribution in [3.05, 3.63) is 0 Å². The van der Waals surface area contributed by atoms with Crippen LogP contribution in [0.25, 0.3) is 0 Å². The first-order chi connectivity index (χ1) is 19.6. The number of carboxylic acid groups (broad SMARTS) is 1. The summed E-state index contributed by atoms with van der Waals surface area (Å²) in [7, 11) is -8.71. The molecule has 0 radical (unpaired) electrons. The smallest absolute Gasteiger partial charge is 0.460 e. The molecule has 260 valence electrons. The van der Waals surface area contributed by atoms with Gasteiger partial charge < -0.3 is 24.1 Å². The molecule has 0 amide bonds. The van der Waals surface area contributed by atoms with Gasteiger partial charge in [0.1, 0.15) is 12.2 Å². The van der Waals surface area contributed by atoms with Gasteiger partial charge in [0.15, 0.2) is 12.1 Å². The molecule has 2 rings (SSSR count). The summed E-state index contributed by atoms with van der Waals surface area (Å²) in [5.74, 6) is -9.45. The second-order valence-corrected chi connectivity index (χ2v) is 19.6. The highest BCUT2D eigenvalue weighted by atomic mass is 32.2. The van der Waals surface area contributed by atoms with Crippen LogP contribution in [-0.2, 0) is 42.8 Å². The second kappa shape index (κ2) is 13.5. The van der Waals surface area contributed by atoms with Gasteiger partial charge in [-0.1, -0.05) is 26.6 Å². The molecule has 0 aromatic rings. The molecule has 0 spiro atoms. The predicted molar refractivity (Wildman–Crippen MR) is 138 cm³/mol. The zero-order valence-electron chi connectivity index (χ0n) is 24.9. The van der Waals surface area contributed by atoms with Gasteiger partial charge in [-0.15, -0.1) is 0 Å². The fourth-order valence-corrected chi connectivity index (χ4v) is 5.97. The minimum absolute atomic E-state index is 0.0823. The first-order valence-electron chi connectivity index (χ1n) is 13.6. The van der Waals surface area contributed by atoms with Crippen molar-refractivity contribution >= 4 is 24.2 Å². The summed E-state index contributed by atoms with van der Waals surface area (Å²) in [6, 6.07) is 0.469. The largest absolute Gasteiger partial charge is 0.481 e. The van der Waals surface area contributed by atoms with Crippen LogP contribution in [-0.4, -0.2) is 94.6 Å². The van der Waals surface area contributed by atoms with Crippen LogP contribution < -0.4 is 0 Å². The van der Waals surface area contributed by atoms with Crippen molar-refractivity contribution in [3.63, 3.8) is 0 Å². The van der Waals surface area contributed by atoms with Crippen LogP contribution in [0.5, 0.6) is 0 Å². The first kappa shape index (κ1) is 39.0. The zero-order chi connectivity index (χ0) is 34.2. The molecule has 0 bridgehead atoms. The molecule has 2 unspecified atom stereocenters. The molecular formula is C24H38F8O10SSi. The molecule has 0 aromatic heterocycles. The normalized spacial score (nSPS) is 27.2.